The summed E-state index contributed by atoms with van der Waals surface area (Å²) in [7, 11) is 3.21. The van der Waals surface area contributed by atoms with Gasteiger partial charge in [0.2, 0.25) is 0 Å². The molecule has 0 radical (unpaired) electrons. The average molecular weight is 372 g/mol. The quantitative estimate of drug-likeness (QED) is 0.631. The number of hydrogen-bond donors (Lipinski definition) is 3. The third-order valence-corrected chi connectivity index (χ3v) is 4.33. The van der Waals surface area contributed by atoms with Crippen molar-refractivity contribution in [1.82, 2.24) is 10.6 Å². The molecule has 6 heteroatoms. The number of urea groups is 1. The number of benzene rings is 2. The summed E-state index contributed by atoms with van der Waals surface area (Å²) in [5.74, 6) is 1.63. The van der Waals surface area contributed by atoms with Crippen molar-refractivity contribution >= 4 is 6.03 Å². The zero-order chi connectivity index (χ0) is 19.6. The van der Waals surface area contributed by atoms with Gasteiger partial charge < -0.3 is 25.2 Å². The van der Waals surface area contributed by atoms with E-state index in [1.807, 2.05) is 37.3 Å². The van der Waals surface area contributed by atoms with Crippen molar-refractivity contribution in [3.05, 3.63) is 53.6 Å². The number of carbonyl (C=O) groups is 1. The fourth-order valence-corrected chi connectivity index (χ4v) is 2.75. The molecule has 0 aliphatic rings. The Labute approximate surface area is 160 Å². The second-order valence-corrected chi connectivity index (χ2v) is 6.45. The summed E-state index contributed by atoms with van der Waals surface area (Å²) in [6.45, 7) is 2.51. The third kappa shape index (κ3) is 6.73. The molecule has 0 aliphatic heterocycles. The second-order valence-electron chi connectivity index (χ2n) is 6.45. The van der Waals surface area contributed by atoms with E-state index in [4.69, 9.17) is 9.47 Å². The fourth-order valence-electron chi connectivity index (χ4n) is 2.75. The number of amides is 2. The van der Waals surface area contributed by atoms with E-state index in [1.54, 1.807) is 26.4 Å². The number of aryl methyl sites for hydroxylation is 1. The summed E-state index contributed by atoms with van der Waals surface area (Å²) in [6, 6.07) is 12.8. The summed E-state index contributed by atoms with van der Waals surface area (Å²) in [5.41, 5.74) is 2.20. The Bertz CT molecular complexity index is 731. The number of nitrogens with one attached hydrogen (secondary N) is 2. The molecule has 3 N–H and O–H groups in total. The minimum absolute atomic E-state index is 0.0554. The van der Waals surface area contributed by atoms with Gasteiger partial charge in [-0.2, -0.15) is 0 Å². The molecule has 146 valence electrons. The maximum atomic E-state index is 12.0. The van der Waals surface area contributed by atoms with E-state index < -0.39 is 0 Å². The van der Waals surface area contributed by atoms with Gasteiger partial charge in [0.1, 0.15) is 5.75 Å². The van der Waals surface area contributed by atoms with Crippen LogP contribution in [0.1, 0.15) is 24.5 Å². The van der Waals surface area contributed by atoms with E-state index in [-0.39, 0.29) is 17.8 Å². The first-order valence-corrected chi connectivity index (χ1v) is 9.05. The number of rotatable bonds is 9. The van der Waals surface area contributed by atoms with Crippen LogP contribution in [0.3, 0.4) is 0 Å². The molecular formula is C21H28N2O4. The molecule has 0 fully saturated rings. The van der Waals surface area contributed by atoms with Crippen molar-refractivity contribution in [2.24, 2.45) is 0 Å². The lowest BCUT2D eigenvalue weighted by Crippen LogP contribution is -2.41. The van der Waals surface area contributed by atoms with E-state index in [0.29, 0.717) is 24.5 Å². The van der Waals surface area contributed by atoms with Crippen molar-refractivity contribution in [2.75, 3.05) is 20.8 Å². The average Bonchev–Trinajstić information content (AvgIpc) is 2.67. The smallest absolute Gasteiger partial charge is 0.315 e. The normalized spacial score (nSPS) is 11.5. The second kappa shape index (κ2) is 10.3. The molecule has 0 aromatic heterocycles. The van der Waals surface area contributed by atoms with Gasteiger partial charge in [-0.1, -0.05) is 18.2 Å². The summed E-state index contributed by atoms with van der Waals surface area (Å²) in [5, 5.41) is 15.1. The highest BCUT2D eigenvalue weighted by atomic mass is 16.5. The minimum Gasteiger partial charge on any atom is -0.508 e. The molecule has 2 aromatic carbocycles. The summed E-state index contributed by atoms with van der Waals surface area (Å²) in [6.07, 6.45) is 2.37. The van der Waals surface area contributed by atoms with Crippen molar-refractivity contribution in [1.29, 1.82) is 0 Å². The van der Waals surface area contributed by atoms with Gasteiger partial charge in [-0.25, -0.2) is 4.79 Å². The highest BCUT2D eigenvalue weighted by molar-refractivity contribution is 5.74. The van der Waals surface area contributed by atoms with E-state index in [0.717, 1.165) is 24.0 Å². The summed E-state index contributed by atoms with van der Waals surface area (Å²) >= 11 is 0. The molecule has 0 saturated heterocycles. The largest absolute Gasteiger partial charge is 0.508 e. The van der Waals surface area contributed by atoms with Gasteiger partial charge in [0.05, 0.1) is 14.2 Å². The first-order chi connectivity index (χ1) is 13.0. The molecule has 0 spiro atoms. The van der Waals surface area contributed by atoms with Crippen molar-refractivity contribution in [2.45, 2.75) is 32.2 Å². The molecule has 6 nitrogen and oxygen atoms in total. The number of ether oxygens (including phenoxy) is 2. The monoisotopic (exact) mass is 372 g/mol. The predicted molar refractivity (Wildman–Crippen MR) is 106 cm³/mol. The molecule has 2 amide bonds. The topological polar surface area (TPSA) is 79.8 Å². The lowest BCUT2D eigenvalue weighted by Gasteiger charge is -2.15. The zero-order valence-electron chi connectivity index (χ0n) is 16.1. The number of aromatic hydroxyl groups is 1. The van der Waals surface area contributed by atoms with Crippen LogP contribution >= 0.6 is 0 Å². The minimum atomic E-state index is -0.173. The van der Waals surface area contributed by atoms with Gasteiger partial charge >= 0.3 is 6.03 Å². The van der Waals surface area contributed by atoms with E-state index in [9.17, 15) is 9.90 Å². The molecular weight excluding hydrogens is 344 g/mol. The maximum absolute atomic E-state index is 12.0. The van der Waals surface area contributed by atoms with Crippen molar-refractivity contribution < 1.29 is 19.4 Å². The number of methoxy groups -OCH3 is 2. The number of phenols is 1. The number of carbonyl (C=O) groups excluding carboxylic acids is 1. The van der Waals surface area contributed by atoms with E-state index >= 15 is 0 Å². The highest BCUT2D eigenvalue weighted by Gasteiger charge is 2.08. The van der Waals surface area contributed by atoms with Crippen LogP contribution in [0.4, 0.5) is 4.79 Å². The van der Waals surface area contributed by atoms with Gasteiger partial charge in [-0.15, -0.1) is 0 Å². The SMILES string of the molecule is COc1ccc(CCNC(=O)N[C@H](C)CCc2ccc(O)cc2)cc1OC. The van der Waals surface area contributed by atoms with Crippen LogP contribution in [0.15, 0.2) is 42.5 Å². The van der Waals surface area contributed by atoms with Gasteiger partial charge in [-0.3, -0.25) is 0 Å². The van der Waals surface area contributed by atoms with Crippen LogP contribution in [0, 0.1) is 0 Å². The Hall–Kier alpha value is -2.89. The van der Waals surface area contributed by atoms with Crippen LogP contribution in [-0.4, -0.2) is 37.9 Å². The van der Waals surface area contributed by atoms with Crippen LogP contribution in [0.5, 0.6) is 17.2 Å². The molecule has 0 heterocycles. The standard InChI is InChI=1S/C21H28N2O4/c1-15(4-5-16-6-9-18(24)10-7-16)23-21(25)22-13-12-17-8-11-19(26-2)20(14-17)27-3/h6-11,14-15,24H,4-5,12-13H2,1-3H3,(H2,22,23,25)/t15-/m1/s1. The first-order valence-electron chi connectivity index (χ1n) is 9.05. The Kier molecular flexibility index (Phi) is 7.79. The van der Waals surface area contributed by atoms with E-state index in [2.05, 4.69) is 10.6 Å². The molecule has 0 unspecified atom stereocenters. The zero-order valence-corrected chi connectivity index (χ0v) is 16.1. The van der Waals surface area contributed by atoms with Gasteiger partial charge in [0.15, 0.2) is 11.5 Å². The summed E-state index contributed by atoms with van der Waals surface area (Å²) in [4.78, 5) is 12.0. The van der Waals surface area contributed by atoms with Crippen LogP contribution in [0.25, 0.3) is 0 Å². The van der Waals surface area contributed by atoms with Gasteiger partial charge in [0, 0.05) is 12.6 Å². The molecule has 0 aliphatic carbocycles. The predicted octanol–water partition coefficient (Wildman–Crippen LogP) is 3.27. The fraction of sp³-hybridized carbons (Fsp3) is 0.381. The number of phenolic OH excluding ortho intramolecular Hbond substituents is 1. The van der Waals surface area contributed by atoms with Crippen molar-refractivity contribution in [3.8, 4) is 17.2 Å². The Morgan fingerprint density at radius 2 is 1.67 bits per heavy atom. The van der Waals surface area contributed by atoms with Crippen LogP contribution in [-0.2, 0) is 12.8 Å². The molecule has 0 bridgehead atoms. The molecule has 2 aromatic rings. The van der Waals surface area contributed by atoms with Gasteiger partial charge in [0.25, 0.3) is 0 Å². The maximum Gasteiger partial charge on any atom is 0.315 e. The van der Waals surface area contributed by atoms with Gasteiger partial charge in [-0.05, 0) is 61.6 Å². The molecule has 27 heavy (non-hydrogen) atoms. The lowest BCUT2D eigenvalue weighted by molar-refractivity contribution is 0.237. The van der Waals surface area contributed by atoms with Crippen molar-refractivity contribution in [3.63, 3.8) is 0 Å². The first kappa shape index (κ1) is 20.4. The van der Waals surface area contributed by atoms with Crippen LogP contribution < -0.4 is 20.1 Å². The Morgan fingerprint density at radius 1 is 1.00 bits per heavy atom. The molecule has 1 atom stereocenters. The molecule has 2 rings (SSSR count). The lowest BCUT2D eigenvalue weighted by atomic mass is 10.1. The molecule has 0 saturated carbocycles. The number of hydrogen-bond acceptors (Lipinski definition) is 4. The Morgan fingerprint density at radius 3 is 2.33 bits per heavy atom. The van der Waals surface area contributed by atoms with E-state index in [1.165, 1.54) is 0 Å². The third-order valence-electron chi connectivity index (χ3n) is 4.33. The highest BCUT2D eigenvalue weighted by Crippen LogP contribution is 2.27. The van der Waals surface area contributed by atoms with Crippen LogP contribution in [0.2, 0.25) is 0 Å². The Balaban J connectivity index is 1.70. The summed E-state index contributed by atoms with van der Waals surface area (Å²) < 4.78 is 10.5.